The molecule has 1 aliphatic carbocycles. The fourth-order valence-electron chi connectivity index (χ4n) is 7.19. The SMILES string of the molecule is C=CC(=O)N1C[C@H](C)n2nc(-c3nc(-c4ccc5c(ccn5C)c4)c4c(c3-c3c(F)cc(F)cc3OCCOC)CCC4)cc2[C@H]1C. The number of ether oxygens (including phenoxy) is 2. The van der Waals surface area contributed by atoms with Crippen molar-refractivity contribution in [3.8, 4) is 39.5 Å². The van der Waals surface area contributed by atoms with Crippen LogP contribution in [0.4, 0.5) is 8.78 Å². The predicted molar refractivity (Wildman–Crippen MR) is 177 cm³/mol. The van der Waals surface area contributed by atoms with Crippen molar-refractivity contribution < 1.29 is 23.0 Å². The first-order chi connectivity index (χ1) is 22.7. The van der Waals surface area contributed by atoms with E-state index in [1.807, 2.05) is 37.8 Å². The Morgan fingerprint density at radius 1 is 1.04 bits per heavy atom. The number of aryl methyl sites for hydroxylation is 1. The van der Waals surface area contributed by atoms with Gasteiger partial charge in [0.1, 0.15) is 29.7 Å². The summed E-state index contributed by atoms with van der Waals surface area (Å²) in [5, 5.41) is 6.15. The number of carbonyl (C=O) groups excluding carboxylic acids is 1. The summed E-state index contributed by atoms with van der Waals surface area (Å²) >= 11 is 0. The fourth-order valence-corrected chi connectivity index (χ4v) is 7.19. The van der Waals surface area contributed by atoms with Crippen LogP contribution in [0.25, 0.3) is 44.7 Å². The molecule has 2 aromatic carbocycles. The maximum absolute atomic E-state index is 16.1. The molecule has 3 aromatic heterocycles. The average Bonchev–Trinajstić information content (AvgIpc) is 3.81. The maximum atomic E-state index is 16.1. The number of methoxy groups -OCH3 is 1. The number of rotatable bonds is 8. The number of hydrogen-bond acceptors (Lipinski definition) is 5. The molecular formula is C37H37F2N5O3. The molecule has 0 unspecified atom stereocenters. The fraction of sp³-hybridized carbons (Fsp3) is 0.324. The molecule has 1 amide bonds. The lowest BCUT2D eigenvalue weighted by Crippen LogP contribution is -2.42. The Balaban J connectivity index is 1.50. The Morgan fingerprint density at radius 3 is 2.64 bits per heavy atom. The number of amides is 1. The van der Waals surface area contributed by atoms with Crippen LogP contribution in [0.15, 0.2) is 61.3 Å². The first-order valence-corrected chi connectivity index (χ1v) is 15.9. The average molecular weight is 638 g/mol. The smallest absolute Gasteiger partial charge is 0.246 e. The van der Waals surface area contributed by atoms with Gasteiger partial charge < -0.3 is 18.9 Å². The van der Waals surface area contributed by atoms with Crippen molar-refractivity contribution in [1.82, 2.24) is 24.2 Å². The van der Waals surface area contributed by atoms with Crippen molar-refractivity contribution in [2.75, 3.05) is 26.9 Å². The van der Waals surface area contributed by atoms with E-state index < -0.39 is 11.6 Å². The van der Waals surface area contributed by atoms with Crippen molar-refractivity contribution in [3.05, 3.63) is 89.8 Å². The molecule has 5 aromatic rings. The largest absolute Gasteiger partial charge is 0.490 e. The molecule has 0 saturated heterocycles. The van der Waals surface area contributed by atoms with Gasteiger partial charge in [0.05, 0.1) is 41.3 Å². The highest BCUT2D eigenvalue weighted by atomic mass is 19.1. The molecule has 47 heavy (non-hydrogen) atoms. The van der Waals surface area contributed by atoms with E-state index in [9.17, 15) is 9.18 Å². The minimum atomic E-state index is -0.735. The number of carbonyl (C=O) groups is 1. The van der Waals surface area contributed by atoms with Gasteiger partial charge in [-0.05, 0) is 74.6 Å². The number of aromatic nitrogens is 4. The van der Waals surface area contributed by atoms with Crippen LogP contribution in [0, 0.1) is 11.6 Å². The minimum absolute atomic E-state index is 0.0867. The number of fused-ring (bicyclic) bond motifs is 3. The Morgan fingerprint density at radius 2 is 1.85 bits per heavy atom. The van der Waals surface area contributed by atoms with Crippen LogP contribution in [0.5, 0.6) is 5.75 Å². The molecule has 242 valence electrons. The van der Waals surface area contributed by atoms with E-state index >= 15 is 4.39 Å². The second kappa shape index (κ2) is 12.1. The lowest BCUT2D eigenvalue weighted by molar-refractivity contribution is -0.129. The van der Waals surface area contributed by atoms with Crippen LogP contribution in [-0.2, 0) is 29.4 Å². The van der Waals surface area contributed by atoms with Gasteiger partial charge in [0.2, 0.25) is 5.91 Å². The minimum Gasteiger partial charge on any atom is -0.490 e. The number of benzene rings is 2. The highest BCUT2D eigenvalue weighted by Crippen LogP contribution is 2.47. The van der Waals surface area contributed by atoms with Crippen molar-refractivity contribution in [2.24, 2.45) is 7.05 Å². The lowest BCUT2D eigenvalue weighted by atomic mass is 9.90. The summed E-state index contributed by atoms with van der Waals surface area (Å²) in [5.74, 6) is -1.53. The zero-order valence-corrected chi connectivity index (χ0v) is 27.0. The summed E-state index contributed by atoms with van der Waals surface area (Å²) in [5.41, 5.74) is 7.47. The number of nitrogens with zero attached hydrogens (tertiary/aromatic N) is 5. The molecule has 2 atom stereocenters. The zero-order valence-electron chi connectivity index (χ0n) is 27.0. The molecule has 4 heterocycles. The zero-order chi connectivity index (χ0) is 33.0. The molecule has 0 N–H and O–H groups in total. The molecule has 0 bridgehead atoms. The molecule has 0 fully saturated rings. The van der Waals surface area contributed by atoms with Gasteiger partial charge in [-0.25, -0.2) is 13.8 Å². The molecular weight excluding hydrogens is 600 g/mol. The molecule has 10 heteroatoms. The normalized spacial score (nSPS) is 17.2. The van der Waals surface area contributed by atoms with E-state index in [2.05, 4.69) is 35.4 Å². The first kappa shape index (κ1) is 30.8. The first-order valence-electron chi connectivity index (χ1n) is 15.9. The number of pyridine rings is 1. The Hall–Kier alpha value is -4.83. The standard InChI is InChI=1S/C37H37F2N5O3/c1-6-33(45)43-20-21(2)44-31(22(43)3)19-29(41-44)37-34(35-28(39)17-25(38)18-32(35)47-15-14-46-5)26-8-7-9-27(26)36(40-37)24-10-11-30-23(16-24)12-13-42(30)4/h6,10-13,16-19,21-22H,1,7-9,14-15,20H2,2-5H3/t21-,22+/m0/s1. The van der Waals surface area contributed by atoms with Gasteiger partial charge in [0.25, 0.3) is 0 Å². The van der Waals surface area contributed by atoms with Gasteiger partial charge in [-0.1, -0.05) is 12.6 Å². The van der Waals surface area contributed by atoms with Gasteiger partial charge in [-0.2, -0.15) is 5.10 Å². The molecule has 7 rings (SSSR count). The van der Waals surface area contributed by atoms with E-state index in [0.717, 1.165) is 57.9 Å². The van der Waals surface area contributed by atoms with Gasteiger partial charge in [-0.15, -0.1) is 0 Å². The molecule has 1 aliphatic heterocycles. The summed E-state index contributed by atoms with van der Waals surface area (Å²) in [6.45, 7) is 8.50. The van der Waals surface area contributed by atoms with Crippen molar-refractivity contribution >= 4 is 16.8 Å². The highest BCUT2D eigenvalue weighted by Gasteiger charge is 2.35. The van der Waals surface area contributed by atoms with E-state index in [-0.39, 0.29) is 42.5 Å². The molecule has 0 spiro atoms. The summed E-state index contributed by atoms with van der Waals surface area (Å²) in [7, 11) is 3.56. The van der Waals surface area contributed by atoms with Crippen LogP contribution >= 0.6 is 0 Å². The number of hydrogen-bond donors (Lipinski definition) is 0. The van der Waals surface area contributed by atoms with Crippen LogP contribution in [0.2, 0.25) is 0 Å². The second-order valence-electron chi connectivity index (χ2n) is 12.4. The lowest BCUT2D eigenvalue weighted by Gasteiger charge is -2.36. The quantitative estimate of drug-likeness (QED) is 0.133. The van der Waals surface area contributed by atoms with Crippen molar-refractivity contribution in [2.45, 2.75) is 45.2 Å². The van der Waals surface area contributed by atoms with Crippen LogP contribution in [-0.4, -0.2) is 57.0 Å². The Labute approximate surface area is 272 Å². The van der Waals surface area contributed by atoms with Gasteiger partial charge >= 0.3 is 0 Å². The predicted octanol–water partition coefficient (Wildman–Crippen LogP) is 7.21. The van der Waals surface area contributed by atoms with Crippen molar-refractivity contribution in [3.63, 3.8) is 0 Å². The summed E-state index contributed by atoms with van der Waals surface area (Å²) in [6, 6.07) is 12.0. The van der Waals surface area contributed by atoms with Gasteiger partial charge in [0, 0.05) is 61.1 Å². The Bertz CT molecular complexity index is 2050. The molecule has 0 saturated carbocycles. The highest BCUT2D eigenvalue weighted by molar-refractivity contribution is 5.92. The van der Waals surface area contributed by atoms with E-state index in [4.69, 9.17) is 19.6 Å². The van der Waals surface area contributed by atoms with Crippen LogP contribution in [0.1, 0.15) is 49.2 Å². The van der Waals surface area contributed by atoms with Crippen LogP contribution < -0.4 is 4.74 Å². The summed E-state index contributed by atoms with van der Waals surface area (Å²) in [4.78, 5) is 19.8. The molecule has 8 nitrogen and oxygen atoms in total. The summed E-state index contributed by atoms with van der Waals surface area (Å²) in [6.07, 6.45) is 5.68. The third kappa shape index (κ3) is 5.20. The molecule has 0 radical (unpaired) electrons. The topological polar surface area (TPSA) is 74.4 Å². The second-order valence-corrected chi connectivity index (χ2v) is 12.4. The number of halogens is 2. The third-order valence-corrected chi connectivity index (χ3v) is 9.48. The monoisotopic (exact) mass is 637 g/mol. The molecule has 2 aliphatic rings. The third-order valence-electron chi connectivity index (χ3n) is 9.48. The van der Waals surface area contributed by atoms with E-state index in [0.29, 0.717) is 29.9 Å². The van der Waals surface area contributed by atoms with E-state index in [1.54, 1.807) is 12.0 Å². The van der Waals surface area contributed by atoms with Gasteiger partial charge in [-0.3, -0.25) is 9.48 Å². The van der Waals surface area contributed by atoms with Crippen molar-refractivity contribution in [1.29, 1.82) is 0 Å². The Kier molecular flexibility index (Phi) is 7.91. The van der Waals surface area contributed by atoms with E-state index in [1.165, 1.54) is 12.1 Å². The maximum Gasteiger partial charge on any atom is 0.246 e. The van der Waals surface area contributed by atoms with Gasteiger partial charge in [0.15, 0.2) is 0 Å². The van der Waals surface area contributed by atoms with Crippen LogP contribution in [0.3, 0.4) is 0 Å². The summed E-state index contributed by atoms with van der Waals surface area (Å²) < 4.78 is 46.0.